The van der Waals surface area contributed by atoms with Gasteiger partial charge in [-0.25, -0.2) is 14.4 Å². The van der Waals surface area contributed by atoms with Gasteiger partial charge in [0.05, 0.1) is 29.5 Å². The number of hydrogen-bond acceptors (Lipinski definition) is 3. The Kier molecular flexibility index (Phi) is 6.69. The molecule has 0 aliphatic carbocycles. The van der Waals surface area contributed by atoms with E-state index in [1.807, 2.05) is 95.9 Å². The highest BCUT2D eigenvalue weighted by molar-refractivity contribution is 6.01. The standard InChI is InChI=1S/C31H32N4O4/c36-29(37)28-27-19-18-25(35(27)30(38)32-20-10-17-26(32)22-11-4-1-5-12-22)21-33(28)31(39)34(23-13-6-2-7-14-23)24-15-8-3-9-16-24/h1-9,11-16,25-28H,10,17-21H2,(H,36,37)/t25-,26+,27+,28-/m0/s1. The van der Waals surface area contributed by atoms with Gasteiger partial charge < -0.3 is 19.8 Å². The molecule has 3 fully saturated rings. The van der Waals surface area contributed by atoms with E-state index in [0.717, 1.165) is 18.4 Å². The van der Waals surface area contributed by atoms with Crippen molar-refractivity contribution in [3.63, 3.8) is 0 Å². The van der Waals surface area contributed by atoms with E-state index in [1.54, 1.807) is 9.80 Å². The molecule has 3 aliphatic heterocycles. The molecule has 6 rings (SSSR count). The summed E-state index contributed by atoms with van der Waals surface area (Å²) in [6.45, 7) is 0.822. The Morgan fingerprint density at radius 2 is 1.33 bits per heavy atom. The molecule has 0 spiro atoms. The van der Waals surface area contributed by atoms with Crippen LogP contribution < -0.4 is 4.90 Å². The number of para-hydroxylation sites is 2. The van der Waals surface area contributed by atoms with E-state index in [1.165, 1.54) is 4.90 Å². The van der Waals surface area contributed by atoms with Gasteiger partial charge in [-0.2, -0.15) is 0 Å². The predicted octanol–water partition coefficient (Wildman–Crippen LogP) is 5.50. The first-order chi connectivity index (χ1) is 19.0. The lowest BCUT2D eigenvalue weighted by Gasteiger charge is -2.47. The van der Waals surface area contributed by atoms with Crippen molar-refractivity contribution in [1.29, 1.82) is 0 Å². The number of amides is 4. The molecule has 2 bridgehead atoms. The van der Waals surface area contributed by atoms with Crippen LogP contribution >= 0.6 is 0 Å². The number of hydrogen-bond donors (Lipinski definition) is 1. The summed E-state index contributed by atoms with van der Waals surface area (Å²) in [5.41, 5.74) is 2.42. The van der Waals surface area contributed by atoms with Crippen LogP contribution in [0.4, 0.5) is 21.0 Å². The fourth-order valence-corrected chi connectivity index (χ4v) is 6.56. The molecular weight excluding hydrogens is 492 g/mol. The van der Waals surface area contributed by atoms with Crippen molar-refractivity contribution in [2.45, 2.75) is 49.9 Å². The number of carboxylic acids is 1. The summed E-state index contributed by atoms with van der Waals surface area (Å²) in [5.74, 6) is -1.09. The van der Waals surface area contributed by atoms with Crippen LogP contribution in [0.25, 0.3) is 0 Å². The maximum atomic E-state index is 14.2. The van der Waals surface area contributed by atoms with Gasteiger partial charge in [0.2, 0.25) is 0 Å². The molecule has 3 saturated heterocycles. The van der Waals surface area contributed by atoms with Crippen LogP contribution in [0.15, 0.2) is 91.0 Å². The van der Waals surface area contributed by atoms with Crippen LogP contribution in [-0.2, 0) is 4.79 Å². The molecule has 39 heavy (non-hydrogen) atoms. The van der Waals surface area contributed by atoms with Crippen molar-refractivity contribution in [3.05, 3.63) is 96.6 Å². The fourth-order valence-electron chi connectivity index (χ4n) is 6.56. The number of carbonyl (C=O) groups is 3. The lowest BCUT2D eigenvalue weighted by Crippen LogP contribution is -2.67. The first-order valence-electron chi connectivity index (χ1n) is 13.6. The number of piperazine rings is 1. The van der Waals surface area contributed by atoms with Crippen LogP contribution in [0.5, 0.6) is 0 Å². The minimum absolute atomic E-state index is 0.0207. The summed E-state index contributed by atoms with van der Waals surface area (Å²) in [6, 6.07) is 26.1. The molecule has 0 aromatic heterocycles. The van der Waals surface area contributed by atoms with Crippen molar-refractivity contribution in [3.8, 4) is 0 Å². The Hall–Kier alpha value is -4.33. The number of likely N-dealkylation sites (tertiary alicyclic amines) is 2. The van der Waals surface area contributed by atoms with E-state index >= 15 is 0 Å². The molecule has 200 valence electrons. The highest BCUT2D eigenvalue weighted by Crippen LogP contribution is 2.40. The third-order valence-corrected chi connectivity index (χ3v) is 8.28. The zero-order valence-electron chi connectivity index (χ0n) is 21.7. The molecule has 3 heterocycles. The Balaban J connectivity index is 1.31. The van der Waals surface area contributed by atoms with Crippen molar-refractivity contribution in [2.24, 2.45) is 0 Å². The number of rotatable bonds is 4. The van der Waals surface area contributed by atoms with Crippen molar-refractivity contribution >= 4 is 29.4 Å². The van der Waals surface area contributed by atoms with Crippen molar-refractivity contribution < 1.29 is 19.5 Å². The summed E-state index contributed by atoms with van der Waals surface area (Å²) in [7, 11) is 0. The van der Waals surface area contributed by atoms with E-state index in [9.17, 15) is 19.5 Å². The molecule has 8 heteroatoms. The number of nitrogens with zero attached hydrogens (tertiary/aromatic N) is 4. The maximum absolute atomic E-state index is 14.2. The van der Waals surface area contributed by atoms with Crippen LogP contribution in [0.2, 0.25) is 0 Å². The smallest absolute Gasteiger partial charge is 0.329 e. The highest BCUT2D eigenvalue weighted by atomic mass is 16.4. The largest absolute Gasteiger partial charge is 0.480 e. The Morgan fingerprint density at radius 1 is 0.744 bits per heavy atom. The van der Waals surface area contributed by atoms with Gasteiger partial charge in [0.1, 0.15) is 0 Å². The molecular formula is C31H32N4O4. The number of benzene rings is 3. The number of carbonyl (C=O) groups excluding carboxylic acids is 2. The number of urea groups is 2. The lowest BCUT2D eigenvalue weighted by molar-refractivity contribution is -0.145. The lowest BCUT2D eigenvalue weighted by atomic mass is 10.0. The SMILES string of the molecule is O=C(O)[C@@H]1[C@H]2CC[C@@H](CN1C(=O)N(c1ccccc1)c1ccccc1)N2C(=O)N1CCC[C@@H]1c1ccccc1. The van der Waals surface area contributed by atoms with Crippen molar-refractivity contribution in [1.82, 2.24) is 14.7 Å². The van der Waals surface area contributed by atoms with Gasteiger partial charge in [-0.1, -0.05) is 66.7 Å². The van der Waals surface area contributed by atoms with Gasteiger partial charge in [-0.15, -0.1) is 0 Å². The number of fused-ring (bicyclic) bond motifs is 2. The molecule has 0 saturated carbocycles. The fraction of sp³-hybridized carbons (Fsp3) is 0.323. The Bertz CT molecular complexity index is 1300. The molecule has 4 atom stereocenters. The number of anilines is 2. The first-order valence-corrected chi connectivity index (χ1v) is 13.6. The average Bonchev–Trinajstić information content (AvgIpc) is 3.58. The second-order valence-electron chi connectivity index (χ2n) is 10.5. The van der Waals surface area contributed by atoms with Crippen molar-refractivity contribution in [2.75, 3.05) is 18.0 Å². The quantitative estimate of drug-likeness (QED) is 0.488. The van der Waals surface area contributed by atoms with Gasteiger partial charge in [-0.3, -0.25) is 4.90 Å². The average molecular weight is 525 g/mol. The van der Waals surface area contributed by atoms with Crippen LogP contribution in [0.3, 0.4) is 0 Å². The summed E-state index contributed by atoms with van der Waals surface area (Å²) >= 11 is 0. The number of carboxylic acid groups (broad SMARTS) is 1. The molecule has 1 N–H and O–H groups in total. The molecule has 4 amide bonds. The topological polar surface area (TPSA) is 84.4 Å². The van der Waals surface area contributed by atoms with Gasteiger partial charge in [0, 0.05) is 13.1 Å². The predicted molar refractivity (Wildman–Crippen MR) is 148 cm³/mol. The van der Waals surface area contributed by atoms with E-state index in [-0.39, 0.29) is 24.7 Å². The van der Waals surface area contributed by atoms with Crippen LogP contribution in [-0.4, -0.2) is 69.1 Å². The molecule has 0 unspecified atom stereocenters. The summed E-state index contributed by atoms with van der Waals surface area (Å²) in [5, 5.41) is 10.4. The maximum Gasteiger partial charge on any atom is 0.329 e. The minimum atomic E-state index is -1.13. The van der Waals surface area contributed by atoms with Crippen LogP contribution in [0, 0.1) is 0 Å². The summed E-state index contributed by atoms with van der Waals surface area (Å²) < 4.78 is 0. The van der Waals surface area contributed by atoms with Gasteiger partial charge in [0.25, 0.3) is 0 Å². The minimum Gasteiger partial charge on any atom is -0.480 e. The third-order valence-electron chi connectivity index (χ3n) is 8.28. The van der Waals surface area contributed by atoms with Gasteiger partial charge in [0.15, 0.2) is 6.04 Å². The Labute approximate surface area is 228 Å². The second kappa shape index (κ2) is 10.4. The Morgan fingerprint density at radius 3 is 1.92 bits per heavy atom. The highest BCUT2D eigenvalue weighted by Gasteiger charge is 2.54. The molecule has 8 nitrogen and oxygen atoms in total. The van der Waals surface area contributed by atoms with Crippen LogP contribution in [0.1, 0.15) is 37.3 Å². The summed E-state index contributed by atoms with van der Waals surface area (Å²) in [4.78, 5) is 47.7. The molecule has 3 aromatic rings. The molecule has 3 aromatic carbocycles. The zero-order chi connectivity index (χ0) is 26.9. The van der Waals surface area contributed by atoms with E-state index in [2.05, 4.69) is 0 Å². The second-order valence-corrected chi connectivity index (χ2v) is 10.5. The first kappa shape index (κ1) is 25.0. The van der Waals surface area contributed by atoms with Gasteiger partial charge in [-0.05, 0) is 55.5 Å². The van der Waals surface area contributed by atoms with Gasteiger partial charge >= 0.3 is 18.0 Å². The van der Waals surface area contributed by atoms with E-state index in [4.69, 9.17) is 0 Å². The number of aliphatic carboxylic acids is 1. The molecule has 3 aliphatic rings. The normalized spacial score (nSPS) is 24.1. The van der Waals surface area contributed by atoms with E-state index < -0.39 is 24.1 Å². The van der Waals surface area contributed by atoms with E-state index in [0.29, 0.717) is 30.8 Å². The zero-order valence-corrected chi connectivity index (χ0v) is 21.7. The monoisotopic (exact) mass is 524 g/mol. The third kappa shape index (κ3) is 4.50. The molecule has 0 radical (unpaired) electrons. The summed E-state index contributed by atoms with van der Waals surface area (Å²) in [6.07, 6.45) is 3.02.